The van der Waals surface area contributed by atoms with Crippen molar-refractivity contribution in [2.24, 2.45) is 17.5 Å². The number of carbonyl (C=O) groups is 1. The molecule has 0 radical (unpaired) electrons. The molecule has 1 aliphatic heterocycles. The third-order valence-corrected chi connectivity index (χ3v) is 4.20. The maximum Gasteiger partial charge on any atom is 0.246 e. The molecule has 7 heteroatoms. The normalized spacial score (nSPS) is 16.5. The van der Waals surface area contributed by atoms with Crippen molar-refractivity contribution in [3.05, 3.63) is 12.4 Å². The van der Waals surface area contributed by atoms with Gasteiger partial charge in [-0.25, -0.2) is 0 Å². The van der Waals surface area contributed by atoms with Crippen LogP contribution < -0.4 is 10.2 Å². The van der Waals surface area contributed by atoms with Gasteiger partial charge in [-0.1, -0.05) is 20.8 Å². The van der Waals surface area contributed by atoms with Crippen molar-refractivity contribution in [2.75, 3.05) is 37.6 Å². The monoisotopic (exact) mass is 348 g/mol. The number of aryl methyl sites for hydroxylation is 1. The summed E-state index contributed by atoms with van der Waals surface area (Å²) in [6.07, 6.45) is 5.81. The van der Waals surface area contributed by atoms with E-state index in [0.717, 1.165) is 44.1 Å². The molecule has 0 unspecified atom stereocenters. The summed E-state index contributed by atoms with van der Waals surface area (Å²) in [6.45, 7) is 12.2. The molecule has 7 nitrogen and oxygen atoms in total. The molecule has 0 aliphatic carbocycles. The molecule has 0 bridgehead atoms. The minimum atomic E-state index is 0.0829. The van der Waals surface area contributed by atoms with Gasteiger partial charge in [-0.2, -0.15) is 5.10 Å². The van der Waals surface area contributed by atoms with Gasteiger partial charge in [0.2, 0.25) is 5.91 Å². The second-order valence-electron chi connectivity index (χ2n) is 7.74. The summed E-state index contributed by atoms with van der Waals surface area (Å²) >= 11 is 0. The lowest BCUT2D eigenvalue weighted by atomic mass is 9.91. The van der Waals surface area contributed by atoms with E-state index in [4.69, 9.17) is 4.99 Å². The quantitative estimate of drug-likeness (QED) is 0.501. The predicted octanol–water partition coefficient (Wildman–Crippen LogP) is 1.86. The van der Waals surface area contributed by atoms with Crippen LogP contribution in [0.3, 0.4) is 0 Å². The molecule has 0 spiro atoms. The Morgan fingerprint density at radius 2 is 2.12 bits per heavy atom. The Bertz CT molecular complexity index is 601. The molecule has 25 heavy (non-hydrogen) atoms. The number of hydrogen-bond donors (Lipinski definition) is 1. The summed E-state index contributed by atoms with van der Waals surface area (Å²) in [5.41, 5.74) is 1.19. The lowest BCUT2D eigenvalue weighted by molar-refractivity contribution is -0.120. The first-order valence-corrected chi connectivity index (χ1v) is 9.12. The largest absolute Gasteiger partial charge is 0.357 e. The molecule has 1 aromatic rings. The van der Waals surface area contributed by atoms with Gasteiger partial charge in [0.1, 0.15) is 6.54 Å². The summed E-state index contributed by atoms with van der Waals surface area (Å²) in [7, 11) is 1.86. The van der Waals surface area contributed by atoms with E-state index < -0.39 is 0 Å². The number of anilines is 1. The summed E-state index contributed by atoms with van der Waals surface area (Å²) in [6, 6.07) is 0. The summed E-state index contributed by atoms with van der Waals surface area (Å²) < 4.78 is 1.72. The van der Waals surface area contributed by atoms with Gasteiger partial charge in [0.25, 0.3) is 0 Å². The first-order valence-electron chi connectivity index (χ1n) is 9.12. The van der Waals surface area contributed by atoms with Gasteiger partial charge in [0.15, 0.2) is 5.96 Å². The van der Waals surface area contributed by atoms with Gasteiger partial charge in [0.05, 0.1) is 11.9 Å². The number of aromatic nitrogens is 2. The number of carbonyl (C=O) groups excluding carboxylic acids is 1. The molecule has 1 fully saturated rings. The van der Waals surface area contributed by atoms with Crippen LogP contribution in [-0.4, -0.2) is 59.3 Å². The Balaban J connectivity index is 1.95. The van der Waals surface area contributed by atoms with Crippen LogP contribution in [0.2, 0.25) is 0 Å². The zero-order valence-electron chi connectivity index (χ0n) is 16.2. The third kappa shape index (κ3) is 5.76. The molecule has 140 valence electrons. The van der Waals surface area contributed by atoms with Gasteiger partial charge in [0, 0.05) is 39.4 Å². The third-order valence-electron chi connectivity index (χ3n) is 4.20. The van der Waals surface area contributed by atoms with E-state index in [2.05, 4.69) is 43.0 Å². The van der Waals surface area contributed by atoms with E-state index in [1.54, 1.807) is 15.8 Å². The van der Waals surface area contributed by atoms with Crippen molar-refractivity contribution in [3.8, 4) is 0 Å². The molecule has 0 atom stereocenters. The van der Waals surface area contributed by atoms with E-state index in [1.807, 2.05) is 13.2 Å². The smallest absolute Gasteiger partial charge is 0.246 e. The molecule has 0 saturated carbocycles. The average molecular weight is 348 g/mol. The topological polar surface area (TPSA) is 65.8 Å². The Morgan fingerprint density at radius 1 is 1.36 bits per heavy atom. The second kappa shape index (κ2) is 8.36. The fourth-order valence-corrected chi connectivity index (χ4v) is 2.89. The summed E-state index contributed by atoms with van der Waals surface area (Å²) in [5, 5.41) is 7.47. The average Bonchev–Trinajstić information content (AvgIpc) is 2.95. The number of piperazine rings is 1. The van der Waals surface area contributed by atoms with Crippen molar-refractivity contribution in [3.63, 3.8) is 0 Å². The highest BCUT2D eigenvalue weighted by Gasteiger charge is 2.27. The Kier molecular flexibility index (Phi) is 6.45. The molecular formula is C18H32N6O. The number of nitrogens with zero attached hydrogens (tertiary/aromatic N) is 5. The molecule has 1 aromatic heterocycles. The maximum atomic E-state index is 12.5. The van der Waals surface area contributed by atoms with Crippen molar-refractivity contribution < 1.29 is 4.79 Å². The highest BCUT2D eigenvalue weighted by atomic mass is 16.2. The fraction of sp³-hybridized carbons (Fsp3) is 0.722. The molecule has 1 N–H and O–H groups in total. The first kappa shape index (κ1) is 19.3. The van der Waals surface area contributed by atoms with Crippen LogP contribution in [0.15, 0.2) is 17.4 Å². The number of aliphatic imine (C=N–C) groups is 1. The lowest BCUT2D eigenvalue weighted by Gasteiger charge is -2.35. The minimum absolute atomic E-state index is 0.0829. The van der Waals surface area contributed by atoms with Crippen LogP contribution in [0, 0.1) is 5.41 Å². The van der Waals surface area contributed by atoms with Crippen molar-refractivity contribution >= 4 is 17.6 Å². The number of rotatable bonds is 5. The molecular weight excluding hydrogens is 316 g/mol. The first-order chi connectivity index (χ1) is 11.8. The Hall–Kier alpha value is -2.05. The van der Waals surface area contributed by atoms with E-state index >= 15 is 0 Å². The molecule has 2 rings (SSSR count). The van der Waals surface area contributed by atoms with Crippen LogP contribution in [0.25, 0.3) is 0 Å². The molecule has 2 heterocycles. The highest BCUT2D eigenvalue weighted by Crippen LogP contribution is 2.20. The van der Waals surface area contributed by atoms with Crippen molar-refractivity contribution in [1.29, 1.82) is 0 Å². The maximum absolute atomic E-state index is 12.5. The highest BCUT2D eigenvalue weighted by molar-refractivity contribution is 5.98. The standard InChI is InChI=1S/C18H32N6O/c1-6-19-17(20-9-7-8-18(2,3)4)23-10-11-24(16(25)14-23)15-12-21-22(5)13-15/h12-13H,6-11,14H2,1-5H3,(H,19,20). The SMILES string of the molecule is CCNC(=NCCCC(C)(C)C)N1CCN(c2cnn(C)c2)C(=O)C1. The van der Waals surface area contributed by atoms with Crippen LogP contribution >= 0.6 is 0 Å². The van der Waals surface area contributed by atoms with Crippen molar-refractivity contribution in [1.82, 2.24) is 20.0 Å². The molecule has 1 aliphatic rings. The number of nitrogens with one attached hydrogen (secondary N) is 1. The second-order valence-corrected chi connectivity index (χ2v) is 7.74. The van der Waals surface area contributed by atoms with Crippen molar-refractivity contribution in [2.45, 2.75) is 40.5 Å². The number of amides is 1. The minimum Gasteiger partial charge on any atom is -0.357 e. The van der Waals surface area contributed by atoms with Crippen LogP contribution in [-0.2, 0) is 11.8 Å². The van der Waals surface area contributed by atoms with Crippen LogP contribution in [0.1, 0.15) is 40.5 Å². The van der Waals surface area contributed by atoms with E-state index in [-0.39, 0.29) is 5.91 Å². The Labute approximate surface area is 151 Å². The van der Waals surface area contributed by atoms with E-state index in [1.165, 1.54) is 0 Å². The van der Waals surface area contributed by atoms with Crippen LogP contribution in [0.5, 0.6) is 0 Å². The molecule has 1 amide bonds. The molecule has 0 aromatic carbocycles. The van der Waals surface area contributed by atoms with Crippen LogP contribution in [0.4, 0.5) is 5.69 Å². The lowest BCUT2D eigenvalue weighted by Crippen LogP contribution is -2.55. The predicted molar refractivity (Wildman–Crippen MR) is 102 cm³/mol. The van der Waals surface area contributed by atoms with E-state index in [9.17, 15) is 4.79 Å². The zero-order chi connectivity index (χ0) is 18.4. The number of hydrogen-bond acceptors (Lipinski definition) is 3. The summed E-state index contributed by atoms with van der Waals surface area (Å²) in [5.74, 6) is 0.926. The van der Waals surface area contributed by atoms with Gasteiger partial charge in [-0.3, -0.25) is 14.5 Å². The zero-order valence-corrected chi connectivity index (χ0v) is 16.2. The fourth-order valence-electron chi connectivity index (χ4n) is 2.89. The van der Waals surface area contributed by atoms with E-state index in [0.29, 0.717) is 18.5 Å². The summed E-state index contributed by atoms with van der Waals surface area (Å²) in [4.78, 5) is 21.1. The Morgan fingerprint density at radius 3 is 2.68 bits per heavy atom. The molecule has 1 saturated heterocycles. The van der Waals surface area contributed by atoms with Gasteiger partial charge in [-0.15, -0.1) is 0 Å². The van der Waals surface area contributed by atoms with Gasteiger partial charge >= 0.3 is 0 Å². The van der Waals surface area contributed by atoms with Gasteiger partial charge in [-0.05, 0) is 25.2 Å². The van der Waals surface area contributed by atoms with Gasteiger partial charge < -0.3 is 15.1 Å². The number of guanidine groups is 1.